The Kier molecular flexibility index (Phi) is 7.57. The lowest BCUT2D eigenvalue weighted by Gasteiger charge is -2.27. The zero-order valence-corrected chi connectivity index (χ0v) is 21.3. The minimum Gasteiger partial charge on any atom is -0.380 e. The second-order valence-corrected chi connectivity index (χ2v) is 10.3. The van der Waals surface area contributed by atoms with E-state index in [-0.39, 0.29) is 6.04 Å². The van der Waals surface area contributed by atoms with Gasteiger partial charge in [-0.25, -0.2) is 0 Å². The quantitative estimate of drug-likeness (QED) is 0.220. The zero-order chi connectivity index (χ0) is 24.2. The van der Waals surface area contributed by atoms with E-state index < -0.39 is 0 Å². The van der Waals surface area contributed by atoms with E-state index in [1.807, 2.05) is 12.1 Å². The lowest BCUT2D eigenvalue weighted by Crippen LogP contribution is -2.41. The molecule has 1 aliphatic carbocycles. The molecule has 5 nitrogen and oxygen atoms in total. The van der Waals surface area contributed by atoms with Gasteiger partial charge in [-0.05, 0) is 73.9 Å². The molecule has 0 saturated carbocycles. The molecule has 0 saturated heterocycles. The summed E-state index contributed by atoms with van der Waals surface area (Å²) in [5, 5.41) is 10.8. The monoisotopic (exact) mass is 489 g/mol. The van der Waals surface area contributed by atoms with Crippen molar-refractivity contribution in [3.05, 3.63) is 70.5 Å². The second kappa shape index (κ2) is 11.0. The van der Waals surface area contributed by atoms with Crippen LogP contribution in [0, 0.1) is 0 Å². The number of aromatic nitrogens is 2. The Balaban J connectivity index is 1.27. The lowest BCUT2D eigenvalue weighted by molar-refractivity contribution is 0.524. The molecule has 4 aromatic rings. The maximum absolute atomic E-state index is 6.53. The number of pyridine rings is 1. The van der Waals surface area contributed by atoms with Gasteiger partial charge in [0.05, 0.1) is 5.52 Å². The van der Waals surface area contributed by atoms with Gasteiger partial charge < -0.3 is 21.4 Å². The first-order valence-corrected chi connectivity index (χ1v) is 13.4. The SMILES string of the molecule is CCCC(CNCC(N)Cc1c[nH]c2ccccc12)Nc1c2c(nc3cc(Cl)ccc13)CCCC2. The first kappa shape index (κ1) is 24.1. The van der Waals surface area contributed by atoms with Gasteiger partial charge in [0.25, 0.3) is 0 Å². The van der Waals surface area contributed by atoms with Crippen molar-refractivity contribution in [2.24, 2.45) is 5.73 Å². The summed E-state index contributed by atoms with van der Waals surface area (Å²) >= 11 is 6.31. The van der Waals surface area contributed by atoms with E-state index >= 15 is 0 Å². The van der Waals surface area contributed by atoms with Gasteiger partial charge in [-0.15, -0.1) is 0 Å². The molecular weight excluding hydrogens is 454 g/mol. The summed E-state index contributed by atoms with van der Waals surface area (Å²) in [7, 11) is 0. The van der Waals surface area contributed by atoms with Crippen LogP contribution in [-0.4, -0.2) is 35.1 Å². The van der Waals surface area contributed by atoms with Crippen LogP contribution in [0.15, 0.2) is 48.7 Å². The van der Waals surface area contributed by atoms with E-state index in [2.05, 4.69) is 59.1 Å². The van der Waals surface area contributed by atoms with Crippen LogP contribution in [0.25, 0.3) is 21.8 Å². The molecular formula is C29H36ClN5. The van der Waals surface area contributed by atoms with E-state index in [0.717, 1.165) is 55.7 Å². The standard InChI is InChI=1S/C29H36ClN5/c1-2-7-22(18-32-17-21(31)14-19-16-33-26-10-5-3-8-23(19)26)34-29-24-9-4-6-11-27(24)35-28-15-20(30)12-13-25(28)29/h3,5,8,10,12-13,15-16,21-22,32-33H,2,4,6-7,9,11,14,17-18,31H2,1H3,(H,34,35). The van der Waals surface area contributed by atoms with Crippen LogP contribution in [0.2, 0.25) is 5.02 Å². The Morgan fingerprint density at radius 3 is 2.83 bits per heavy atom. The Hall–Kier alpha value is -2.60. The van der Waals surface area contributed by atoms with Gasteiger partial charge in [-0.3, -0.25) is 4.98 Å². The predicted molar refractivity (Wildman–Crippen MR) is 149 cm³/mol. The molecule has 0 radical (unpaired) electrons. The first-order valence-electron chi connectivity index (χ1n) is 13.0. The third-order valence-corrected chi connectivity index (χ3v) is 7.40. The molecule has 2 aromatic carbocycles. The summed E-state index contributed by atoms with van der Waals surface area (Å²) in [4.78, 5) is 8.33. The maximum Gasteiger partial charge on any atom is 0.0741 e. The zero-order valence-electron chi connectivity index (χ0n) is 20.5. The third-order valence-electron chi connectivity index (χ3n) is 7.16. The number of H-pyrrole nitrogens is 1. The minimum absolute atomic E-state index is 0.0631. The van der Waals surface area contributed by atoms with Crippen molar-refractivity contribution in [3.63, 3.8) is 0 Å². The average Bonchev–Trinajstić information content (AvgIpc) is 3.26. The average molecular weight is 490 g/mol. The molecule has 35 heavy (non-hydrogen) atoms. The van der Waals surface area contributed by atoms with Gasteiger partial charge >= 0.3 is 0 Å². The van der Waals surface area contributed by atoms with Crippen molar-refractivity contribution in [1.82, 2.24) is 15.3 Å². The van der Waals surface area contributed by atoms with Crippen LogP contribution in [-0.2, 0) is 19.3 Å². The Morgan fingerprint density at radius 2 is 1.94 bits per heavy atom. The number of aryl methyl sites for hydroxylation is 1. The number of nitrogens with zero attached hydrogens (tertiary/aromatic N) is 1. The number of anilines is 1. The van der Waals surface area contributed by atoms with E-state index in [9.17, 15) is 0 Å². The summed E-state index contributed by atoms with van der Waals surface area (Å²) < 4.78 is 0. The number of benzene rings is 2. The van der Waals surface area contributed by atoms with Crippen molar-refractivity contribution >= 4 is 39.1 Å². The maximum atomic E-state index is 6.53. The van der Waals surface area contributed by atoms with Crippen LogP contribution in [0.4, 0.5) is 5.69 Å². The Labute approximate surface area is 212 Å². The summed E-state index contributed by atoms with van der Waals surface area (Å²) in [6, 6.07) is 14.9. The highest BCUT2D eigenvalue weighted by Gasteiger charge is 2.20. The molecule has 184 valence electrons. The molecule has 0 amide bonds. The molecule has 2 unspecified atom stereocenters. The summed E-state index contributed by atoms with van der Waals surface area (Å²) in [5.74, 6) is 0. The summed E-state index contributed by atoms with van der Waals surface area (Å²) in [6.07, 6.45) is 9.73. The van der Waals surface area contributed by atoms with Crippen LogP contribution in [0.5, 0.6) is 0 Å². The van der Waals surface area contributed by atoms with Gasteiger partial charge in [0.1, 0.15) is 0 Å². The molecule has 0 spiro atoms. The van der Waals surface area contributed by atoms with E-state index in [1.54, 1.807) is 0 Å². The molecule has 0 bridgehead atoms. The van der Waals surface area contributed by atoms with Crippen molar-refractivity contribution in [1.29, 1.82) is 0 Å². The van der Waals surface area contributed by atoms with Gasteiger partial charge in [0.2, 0.25) is 0 Å². The third kappa shape index (κ3) is 5.48. The van der Waals surface area contributed by atoms with Gasteiger partial charge in [0, 0.05) is 64.1 Å². The molecule has 1 aliphatic rings. The van der Waals surface area contributed by atoms with Crippen LogP contribution < -0.4 is 16.4 Å². The van der Waals surface area contributed by atoms with E-state index in [4.69, 9.17) is 22.3 Å². The number of aromatic amines is 1. The number of nitrogens with two attached hydrogens (primary N) is 1. The highest BCUT2D eigenvalue weighted by Crippen LogP contribution is 2.35. The number of rotatable bonds is 10. The topological polar surface area (TPSA) is 78.8 Å². The smallest absolute Gasteiger partial charge is 0.0741 e. The highest BCUT2D eigenvalue weighted by atomic mass is 35.5. The fraction of sp³-hybridized carbons (Fsp3) is 0.414. The van der Waals surface area contributed by atoms with Crippen molar-refractivity contribution < 1.29 is 0 Å². The van der Waals surface area contributed by atoms with E-state index in [1.165, 1.54) is 51.6 Å². The van der Waals surface area contributed by atoms with E-state index in [0.29, 0.717) is 6.04 Å². The number of hydrogen-bond donors (Lipinski definition) is 4. The molecule has 2 heterocycles. The predicted octanol–water partition coefficient (Wildman–Crippen LogP) is 5.99. The summed E-state index contributed by atoms with van der Waals surface area (Å²) in [6.45, 7) is 3.91. The number of halogens is 1. The molecule has 2 aromatic heterocycles. The normalized spacial score (nSPS) is 15.3. The molecule has 2 atom stereocenters. The number of fused-ring (bicyclic) bond motifs is 3. The Bertz CT molecular complexity index is 1300. The summed E-state index contributed by atoms with van der Waals surface area (Å²) in [5.41, 5.74) is 13.9. The van der Waals surface area contributed by atoms with Gasteiger partial charge in [-0.2, -0.15) is 0 Å². The largest absolute Gasteiger partial charge is 0.380 e. The first-order chi connectivity index (χ1) is 17.1. The molecule has 6 heteroatoms. The van der Waals surface area contributed by atoms with Crippen LogP contribution >= 0.6 is 11.6 Å². The molecule has 0 fully saturated rings. The fourth-order valence-electron chi connectivity index (χ4n) is 5.44. The second-order valence-electron chi connectivity index (χ2n) is 9.89. The molecule has 5 N–H and O–H groups in total. The number of hydrogen-bond acceptors (Lipinski definition) is 4. The van der Waals surface area contributed by atoms with Crippen LogP contribution in [0.3, 0.4) is 0 Å². The van der Waals surface area contributed by atoms with Gasteiger partial charge in [-0.1, -0.05) is 43.1 Å². The Morgan fingerprint density at radius 1 is 1.09 bits per heavy atom. The minimum atomic E-state index is 0.0631. The van der Waals surface area contributed by atoms with Crippen molar-refractivity contribution in [2.75, 3.05) is 18.4 Å². The van der Waals surface area contributed by atoms with Gasteiger partial charge in [0.15, 0.2) is 0 Å². The fourth-order valence-corrected chi connectivity index (χ4v) is 5.61. The van der Waals surface area contributed by atoms with Crippen molar-refractivity contribution in [3.8, 4) is 0 Å². The lowest BCUT2D eigenvalue weighted by atomic mass is 9.92. The molecule has 0 aliphatic heterocycles. The number of nitrogens with one attached hydrogen (secondary N) is 3. The van der Waals surface area contributed by atoms with Crippen LogP contribution in [0.1, 0.15) is 49.4 Å². The van der Waals surface area contributed by atoms with Crippen molar-refractivity contribution in [2.45, 2.75) is 64.0 Å². The molecule has 5 rings (SSSR count). The number of para-hydroxylation sites is 1. The highest BCUT2D eigenvalue weighted by molar-refractivity contribution is 6.31.